The molecule has 4 rings (SSSR count). The molecule has 0 aliphatic carbocycles. The fraction of sp³-hybridized carbons (Fsp3) is 0.429. The molecule has 3 aromatic rings. The number of hydrogen-bond donors (Lipinski definition) is 1. The second kappa shape index (κ2) is 14.2. The number of rotatable bonds is 13. The van der Waals surface area contributed by atoms with Gasteiger partial charge in [-0.1, -0.05) is 30.4 Å². The first-order valence-electron chi connectivity index (χ1n) is 13.4. The van der Waals surface area contributed by atoms with Crippen LogP contribution in [0.15, 0.2) is 59.6 Å². The maximum absolute atomic E-state index is 13.2. The Morgan fingerprint density at radius 1 is 1.14 bits per heavy atom. The van der Waals surface area contributed by atoms with Gasteiger partial charge in [0.1, 0.15) is 16.7 Å². The molecule has 1 saturated heterocycles. The molecular formula is C28H30F5N3O6S2. The molecule has 2 aromatic carbocycles. The van der Waals surface area contributed by atoms with Crippen LogP contribution in [0.3, 0.4) is 0 Å². The zero-order chi connectivity index (χ0) is 32.1. The molecule has 16 heteroatoms. The standard InChI is InChI=1S/C28H30F5N3O6S2/c1-3-44(38,39)22-10-4-17(5-11-22)23(16-40-2)35-25(37)24-13-34-27(43-24)36-14-21(12-19(36)15-41-26(29)30)42-20-8-6-18(7-9-20)28(31,32)33/h4-11,13,19,21,23,26H,3,12,14-16H2,1-2H3,(H,35,37)/t19-,21-,23-/m0/s1. The van der Waals surface area contributed by atoms with E-state index in [-0.39, 0.29) is 47.5 Å². The summed E-state index contributed by atoms with van der Waals surface area (Å²) in [4.78, 5) is 19.5. The molecule has 9 nitrogen and oxygen atoms in total. The van der Waals surface area contributed by atoms with Gasteiger partial charge < -0.3 is 24.4 Å². The third-order valence-electron chi connectivity index (χ3n) is 6.90. The minimum atomic E-state index is -4.50. The molecule has 0 bridgehead atoms. The number of carbonyl (C=O) groups is 1. The Bertz CT molecular complexity index is 1500. The van der Waals surface area contributed by atoms with Crippen LogP contribution < -0.4 is 15.0 Å². The average Bonchev–Trinajstić information content (AvgIpc) is 3.63. The predicted octanol–water partition coefficient (Wildman–Crippen LogP) is 5.34. The molecule has 1 aliphatic heterocycles. The monoisotopic (exact) mass is 663 g/mol. The van der Waals surface area contributed by atoms with Crippen LogP contribution in [0, 0.1) is 0 Å². The molecule has 1 N–H and O–H groups in total. The lowest BCUT2D eigenvalue weighted by Crippen LogP contribution is -2.34. The summed E-state index contributed by atoms with van der Waals surface area (Å²) in [6.07, 6.45) is -3.52. The van der Waals surface area contributed by atoms with Crippen LogP contribution in [0.1, 0.15) is 40.2 Å². The van der Waals surface area contributed by atoms with E-state index in [2.05, 4.69) is 15.0 Å². The van der Waals surface area contributed by atoms with E-state index in [1.807, 2.05) is 0 Å². The molecule has 2 heterocycles. The lowest BCUT2D eigenvalue weighted by molar-refractivity contribution is -0.137. The highest BCUT2D eigenvalue weighted by Crippen LogP contribution is 2.34. The van der Waals surface area contributed by atoms with Crippen LogP contribution in [0.5, 0.6) is 5.75 Å². The van der Waals surface area contributed by atoms with Crippen LogP contribution in [-0.2, 0) is 25.5 Å². The number of nitrogens with one attached hydrogen (secondary N) is 1. The summed E-state index contributed by atoms with van der Waals surface area (Å²) in [6, 6.07) is 9.06. The zero-order valence-electron chi connectivity index (χ0n) is 23.6. The van der Waals surface area contributed by atoms with E-state index in [1.165, 1.54) is 37.6 Å². The lowest BCUT2D eigenvalue weighted by Gasteiger charge is -2.23. The molecule has 240 valence electrons. The normalized spacial score (nSPS) is 18.0. The van der Waals surface area contributed by atoms with Crippen molar-refractivity contribution >= 4 is 32.2 Å². The van der Waals surface area contributed by atoms with Gasteiger partial charge in [-0.05, 0) is 42.0 Å². The number of carbonyl (C=O) groups excluding carboxylic acids is 1. The van der Waals surface area contributed by atoms with Crippen molar-refractivity contribution in [1.29, 1.82) is 0 Å². The molecule has 1 aromatic heterocycles. The maximum atomic E-state index is 13.2. The van der Waals surface area contributed by atoms with Crippen molar-refractivity contribution in [3.05, 3.63) is 70.7 Å². The van der Waals surface area contributed by atoms with E-state index in [4.69, 9.17) is 9.47 Å². The van der Waals surface area contributed by atoms with Gasteiger partial charge in [-0.25, -0.2) is 13.4 Å². The quantitative estimate of drug-likeness (QED) is 0.245. The summed E-state index contributed by atoms with van der Waals surface area (Å²) in [6.45, 7) is -1.58. The second-order valence-electron chi connectivity index (χ2n) is 9.86. The first-order chi connectivity index (χ1) is 20.8. The van der Waals surface area contributed by atoms with Gasteiger partial charge in [0.2, 0.25) is 0 Å². The van der Waals surface area contributed by atoms with E-state index in [1.54, 1.807) is 24.0 Å². The van der Waals surface area contributed by atoms with Crippen molar-refractivity contribution in [2.45, 2.75) is 49.2 Å². The fourth-order valence-corrected chi connectivity index (χ4v) is 6.43. The van der Waals surface area contributed by atoms with E-state index in [0.717, 1.165) is 23.5 Å². The number of amides is 1. The minimum absolute atomic E-state index is 0.0492. The van der Waals surface area contributed by atoms with Crippen LogP contribution in [0.25, 0.3) is 0 Å². The van der Waals surface area contributed by atoms with Crippen molar-refractivity contribution in [2.75, 3.05) is 37.5 Å². The zero-order valence-corrected chi connectivity index (χ0v) is 25.2. The summed E-state index contributed by atoms with van der Waals surface area (Å²) in [5, 5.41) is 3.19. The van der Waals surface area contributed by atoms with Crippen molar-refractivity contribution in [3.63, 3.8) is 0 Å². The highest BCUT2D eigenvalue weighted by molar-refractivity contribution is 7.91. The maximum Gasteiger partial charge on any atom is 0.416 e. The predicted molar refractivity (Wildman–Crippen MR) is 152 cm³/mol. The number of halogens is 5. The second-order valence-corrected chi connectivity index (χ2v) is 13.1. The van der Waals surface area contributed by atoms with Gasteiger partial charge in [0.05, 0.1) is 54.3 Å². The number of nitrogens with zero attached hydrogens (tertiary/aromatic N) is 2. The summed E-state index contributed by atoms with van der Waals surface area (Å²) in [7, 11) is -1.94. The van der Waals surface area contributed by atoms with Gasteiger partial charge in [-0.3, -0.25) is 4.79 Å². The molecule has 1 fully saturated rings. The Balaban J connectivity index is 1.47. The van der Waals surface area contributed by atoms with Gasteiger partial charge in [-0.15, -0.1) is 0 Å². The van der Waals surface area contributed by atoms with Crippen molar-refractivity contribution in [2.24, 2.45) is 0 Å². The highest BCUT2D eigenvalue weighted by Gasteiger charge is 2.37. The van der Waals surface area contributed by atoms with Crippen LogP contribution in [-0.4, -0.2) is 70.7 Å². The van der Waals surface area contributed by atoms with E-state index in [9.17, 15) is 35.2 Å². The largest absolute Gasteiger partial charge is 0.489 e. The molecule has 0 spiro atoms. The third-order valence-corrected chi connectivity index (χ3v) is 9.68. The molecule has 0 unspecified atom stereocenters. The number of benzene rings is 2. The van der Waals surface area contributed by atoms with Crippen LogP contribution >= 0.6 is 11.3 Å². The van der Waals surface area contributed by atoms with Gasteiger partial charge in [-0.2, -0.15) is 22.0 Å². The first kappa shape index (κ1) is 33.6. The Hall–Kier alpha value is -3.34. The number of thiazole rings is 1. The molecule has 1 amide bonds. The highest BCUT2D eigenvalue weighted by atomic mass is 32.2. The number of aromatic nitrogens is 1. The first-order valence-corrected chi connectivity index (χ1v) is 15.9. The number of ether oxygens (including phenoxy) is 3. The number of methoxy groups -OCH3 is 1. The SMILES string of the molecule is CCS(=O)(=O)c1ccc([C@H](COC)NC(=O)c2cnc(N3C[C@@H](Oc4ccc(C(F)(F)F)cc4)C[C@H]3COC(F)F)s2)cc1. The van der Waals surface area contributed by atoms with E-state index < -0.39 is 52.3 Å². The molecular weight excluding hydrogens is 633 g/mol. The van der Waals surface area contributed by atoms with E-state index in [0.29, 0.717) is 10.7 Å². The number of anilines is 1. The topological polar surface area (TPSA) is 107 Å². The fourth-order valence-electron chi connectivity index (χ4n) is 4.64. The third kappa shape index (κ3) is 8.43. The van der Waals surface area contributed by atoms with Gasteiger partial charge >= 0.3 is 12.8 Å². The smallest absolute Gasteiger partial charge is 0.416 e. The van der Waals surface area contributed by atoms with Crippen LogP contribution in [0.4, 0.5) is 27.1 Å². The Labute approximate surface area is 254 Å². The molecule has 0 radical (unpaired) electrons. The Morgan fingerprint density at radius 3 is 2.41 bits per heavy atom. The van der Waals surface area contributed by atoms with Crippen molar-refractivity contribution in [1.82, 2.24) is 10.3 Å². The number of hydrogen-bond acceptors (Lipinski definition) is 9. The lowest BCUT2D eigenvalue weighted by atomic mass is 10.1. The minimum Gasteiger partial charge on any atom is -0.489 e. The van der Waals surface area contributed by atoms with Crippen molar-refractivity contribution in [3.8, 4) is 5.75 Å². The summed E-state index contributed by atoms with van der Waals surface area (Å²) >= 11 is 1.01. The summed E-state index contributed by atoms with van der Waals surface area (Å²) in [5.41, 5.74) is -0.212. The molecule has 0 saturated carbocycles. The molecule has 44 heavy (non-hydrogen) atoms. The Kier molecular flexibility index (Phi) is 10.8. The van der Waals surface area contributed by atoms with Crippen molar-refractivity contribution < 1.29 is 49.4 Å². The summed E-state index contributed by atoms with van der Waals surface area (Å²) in [5.74, 6) is -0.355. The molecule has 3 atom stereocenters. The van der Waals surface area contributed by atoms with Gasteiger partial charge in [0, 0.05) is 13.5 Å². The van der Waals surface area contributed by atoms with Crippen LogP contribution in [0.2, 0.25) is 0 Å². The Morgan fingerprint density at radius 2 is 1.82 bits per heavy atom. The number of sulfone groups is 1. The van der Waals surface area contributed by atoms with Gasteiger partial charge in [0.25, 0.3) is 5.91 Å². The summed E-state index contributed by atoms with van der Waals surface area (Å²) < 4.78 is 104. The molecule has 1 aliphatic rings. The van der Waals surface area contributed by atoms with Gasteiger partial charge in [0.15, 0.2) is 15.0 Å². The van der Waals surface area contributed by atoms with E-state index >= 15 is 0 Å². The number of alkyl halides is 5. The average molecular weight is 664 g/mol.